The van der Waals surface area contributed by atoms with Crippen LogP contribution < -0.4 is 10.1 Å². The monoisotopic (exact) mass is 219 g/mol. The Bertz CT molecular complexity index is 364. The van der Waals surface area contributed by atoms with E-state index in [9.17, 15) is 0 Å². The van der Waals surface area contributed by atoms with Crippen LogP contribution in [0.3, 0.4) is 0 Å². The van der Waals surface area contributed by atoms with Crippen molar-refractivity contribution < 1.29 is 4.74 Å². The number of nitrogens with one attached hydrogen (secondary N) is 1. The highest BCUT2D eigenvalue weighted by Crippen LogP contribution is 2.36. The first-order chi connectivity index (χ1) is 7.66. The van der Waals surface area contributed by atoms with Crippen LogP contribution in [0.5, 0.6) is 5.75 Å². The summed E-state index contributed by atoms with van der Waals surface area (Å²) >= 11 is 0. The second-order valence-corrected chi connectivity index (χ2v) is 5.02. The van der Waals surface area contributed by atoms with Crippen molar-refractivity contribution in [2.24, 2.45) is 5.92 Å². The van der Waals surface area contributed by atoms with Crippen molar-refractivity contribution in [1.29, 1.82) is 0 Å². The maximum absolute atomic E-state index is 5.31. The van der Waals surface area contributed by atoms with Crippen molar-refractivity contribution >= 4 is 0 Å². The Balaban J connectivity index is 2.33. The van der Waals surface area contributed by atoms with Crippen LogP contribution in [0.1, 0.15) is 25.8 Å². The zero-order chi connectivity index (χ0) is 11.6. The van der Waals surface area contributed by atoms with Crippen molar-refractivity contribution in [3.63, 3.8) is 0 Å². The van der Waals surface area contributed by atoms with Crippen molar-refractivity contribution in [1.82, 2.24) is 5.32 Å². The van der Waals surface area contributed by atoms with Crippen LogP contribution in [0.2, 0.25) is 0 Å². The summed E-state index contributed by atoms with van der Waals surface area (Å²) < 4.78 is 5.31. The highest BCUT2D eigenvalue weighted by molar-refractivity contribution is 5.34. The number of piperidine rings is 1. The van der Waals surface area contributed by atoms with Gasteiger partial charge in [0.15, 0.2) is 0 Å². The zero-order valence-corrected chi connectivity index (χ0v) is 10.4. The zero-order valence-electron chi connectivity index (χ0n) is 10.4. The van der Waals surface area contributed by atoms with E-state index in [-0.39, 0.29) is 5.41 Å². The molecule has 0 saturated carbocycles. The van der Waals surface area contributed by atoms with Crippen LogP contribution in [0, 0.1) is 5.92 Å². The van der Waals surface area contributed by atoms with E-state index in [1.165, 1.54) is 12.0 Å². The molecule has 2 rings (SSSR count). The molecule has 1 heterocycles. The summed E-state index contributed by atoms with van der Waals surface area (Å²) in [6, 6.07) is 8.48. The molecule has 16 heavy (non-hydrogen) atoms. The fourth-order valence-electron chi connectivity index (χ4n) is 2.52. The minimum atomic E-state index is 0.229. The molecule has 88 valence electrons. The Morgan fingerprint density at radius 2 is 2.25 bits per heavy atom. The lowest BCUT2D eigenvalue weighted by Gasteiger charge is -2.40. The molecule has 2 atom stereocenters. The molecular formula is C14H21NO. The number of ether oxygens (including phenoxy) is 1. The Labute approximate surface area is 98.0 Å². The molecule has 0 radical (unpaired) electrons. The first kappa shape index (κ1) is 11.5. The van der Waals surface area contributed by atoms with E-state index < -0.39 is 0 Å². The van der Waals surface area contributed by atoms with Gasteiger partial charge in [0.25, 0.3) is 0 Å². The second-order valence-electron chi connectivity index (χ2n) is 5.02. The molecule has 1 aromatic carbocycles. The van der Waals surface area contributed by atoms with E-state index in [1.807, 2.05) is 6.07 Å². The van der Waals surface area contributed by atoms with Gasteiger partial charge in [0.05, 0.1) is 7.11 Å². The van der Waals surface area contributed by atoms with Crippen molar-refractivity contribution in [2.75, 3.05) is 20.2 Å². The summed E-state index contributed by atoms with van der Waals surface area (Å²) in [6.07, 6.45) is 1.24. The van der Waals surface area contributed by atoms with Gasteiger partial charge in [-0.3, -0.25) is 0 Å². The van der Waals surface area contributed by atoms with Crippen LogP contribution in [-0.2, 0) is 5.41 Å². The third kappa shape index (κ3) is 1.94. The van der Waals surface area contributed by atoms with Crippen LogP contribution in [0.15, 0.2) is 24.3 Å². The predicted molar refractivity (Wildman–Crippen MR) is 67.0 cm³/mol. The molecule has 0 amide bonds. The lowest BCUT2D eigenvalue weighted by Crippen LogP contribution is -2.46. The molecule has 0 bridgehead atoms. The van der Waals surface area contributed by atoms with Gasteiger partial charge in [0.2, 0.25) is 0 Å². The molecule has 0 aromatic heterocycles. The lowest BCUT2D eigenvalue weighted by molar-refractivity contribution is 0.238. The quantitative estimate of drug-likeness (QED) is 0.825. The minimum absolute atomic E-state index is 0.229. The van der Waals surface area contributed by atoms with Gasteiger partial charge >= 0.3 is 0 Å². The van der Waals surface area contributed by atoms with Crippen LogP contribution in [0.25, 0.3) is 0 Å². The van der Waals surface area contributed by atoms with Crippen LogP contribution in [-0.4, -0.2) is 20.2 Å². The highest BCUT2D eigenvalue weighted by Gasteiger charge is 2.35. The van der Waals surface area contributed by atoms with Crippen LogP contribution in [0.4, 0.5) is 0 Å². The van der Waals surface area contributed by atoms with Gasteiger partial charge in [0, 0.05) is 12.0 Å². The summed E-state index contributed by atoms with van der Waals surface area (Å²) in [4.78, 5) is 0. The molecule has 1 N–H and O–H groups in total. The molecule has 1 aliphatic rings. The Morgan fingerprint density at radius 3 is 2.94 bits per heavy atom. The maximum Gasteiger partial charge on any atom is 0.119 e. The summed E-state index contributed by atoms with van der Waals surface area (Å²) in [5, 5.41) is 3.50. The molecule has 2 nitrogen and oxygen atoms in total. The molecule has 1 aliphatic heterocycles. The lowest BCUT2D eigenvalue weighted by atomic mass is 9.69. The van der Waals surface area contributed by atoms with Gasteiger partial charge in [-0.1, -0.05) is 26.0 Å². The number of methoxy groups -OCH3 is 1. The number of rotatable bonds is 2. The Hall–Kier alpha value is -1.02. The van der Waals surface area contributed by atoms with Crippen molar-refractivity contribution in [3.8, 4) is 5.75 Å². The van der Waals surface area contributed by atoms with Gasteiger partial charge in [-0.2, -0.15) is 0 Å². The molecule has 1 fully saturated rings. The molecular weight excluding hydrogens is 198 g/mol. The van der Waals surface area contributed by atoms with E-state index in [1.54, 1.807) is 7.11 Å². The van der Waals surface area contributed by atoms with Crippen molar-refractivity contribution in [2.45, 2.75) is 25.7 Å². The average molecular weight is 219 g/mol. The number of benzene rings is 1. The fourth-order valence-corrected chi connectivity index (χ4v) is 2.52. The highest BCUT2D eigenvalue weighted by atomic mass is 16.5. The maximum atomic E-state index is 5.31. The SMILES string of the molecule is COc1cccc([C@@]2(C)CNCC[C@@H]2C)c1. The summed E-state index contributed by atoms with van der Waals surface area (Å²) in [7, 11) is 1.73. The Kier molecular flexibility index (Phi) is 3.20. The van der Waals surface area contributed by atoms with E-state index in [0.29, 0.717) is 5.92 Å². The molecule has 0 unspecified atom stereocenters. The largest absolute Gasteiger partial charge is 0.497 e. The van der Waals surface area contributed by atoms with Gasteiger partial charge in [-0.15, -0.1) is 0 Å². The van der Waals surface area contributed by atoms with E-state index in [0.717, 1.165) is 18.8 Å². The van der Waals surface area contributed by atoms with E-state index >= 15 is 0 Å². The molecule has 1 aromatic rings. The third-order valence-corrected chi connectivity index (χ3v) is 4.06. The average Bonchev–Trinajstić information content (AvgIpc) is 2.33. The minimum Gasteiger partial charge on any atom is -0.497 e. The van der Waals surface area contributed by atoms with Gasteiger partial charge in [0.1, 0.15) is 5.75 Å². The smallest absolute Gasteiger partial charge is 0.119 e. The van der Waals surface area contributed by atoms with Gasteiger partial charge < -0.3 is 10.1 Å². The first-order valence-corrected chi connectivity index (χ1v) is 6.02. The first-order valence-electron chi connectivity index (χ1n) is 6.02. The van der Waals surface area contributed by atoms with Crippen molar-refractivity contribution in [3.05, 3.63) is 29.8 Å². The second kappa shape index (κ2) is 4.46. The molecule has 0 spiro atoms. The van der Waals surface area contributed by atoms with E-state index in [4.69, 9.17) is 4.74 Å². The standard InChI is InChI=1S/C14H21NO/c1-11-7-8-15-10-14(11,2)12-5-4-6-13(9-12)16-3/h4-6,9,11,15H,7-8,10H2,1-3H3/t11-,14-/m0/s1. The fraction of sp³-hybridized carbons (Fsp3) is 0.571. The third-order valence-electron chi connectivity index (χ3n) is 4.06. The summed E-state index contributed by atoms with van der Waals surface area (Å²) in [5.41, 5.74) is 1.61. The molecule has 0 aliphatic carbocycles. The Morgan fingerprint density at radius 1 is 1.44 bits per heavy atom. The topological polar surface area (TPSA) is 21.3 Å². The summed E-state index contributed by atoms with van der Waals surface area (Å²) in [5.74, 6) is 1.66. The molecule has 1 saturated heterocycles. The number of hydrogen-bond donors (Lipinski definition) is 1. The summed E-state index contributed by atoms with van der Waals surface area (Å²) in [6.45, 7) is 6.89. The van der Waals surface area contributed by atoms with Crippen LogP contribution >= 0.6 is 0 Å². The van der Waals surface area contributed by atoms with E-state index in [2.05, 4.69) is 37.4 Å². The predicted octanol–water partition coefficient (Wildman–Crippen LogP) is 2.58. The van der Waals surface area contributed by atoms with Gasteiger partial charge in [-0.25, -0.2) is 0 Å². The normalized spacial score (nSPS) is 30.1. The number of hydrogen-bond acceptors (Lipinski definition) is 2. The van der Waals surface area contributed by atoms with Gasteiger partial charge in [-0.05, 0) is 36.6 Å². The molecule has 2 heteroatoms.